The molecule has 0 fully saturated rings. The van der Waals surface area contributed by atoms with Gasteiger partial charge >= 0.3 is 0 Å². The van der Waals surface area contributed by atoms with Crippen molar-refractivity contribution in [1.29, 1.82) is 5.26 Å². The molecule has 0 radical (unpaired) electrons. The van der Waals surface area contributed by atoms with Gasteiger partial charge in [-0.15, -0.1) is 0 Å². The van der Waals surface area contributed by atoms with Crippen LogP contribution in [0, 0.1) is 11.3 Å². The fraction of sp³-hybridized carbons (Fsp3) is 0.235. The molecule has 0 bridgehead atoms. The molecule has 2 aromatic carbocycles. The molecule has 1 aliphatic rings. The molecule has 0 saturated heterocycles. The molecule has 1 aliphatic heterocycles. The van der Waals surface area contributed by atoms with Gasteiger partial charge in [0.05, 0.1) is 11.6 Å². The molecule has 3 nitrogen and oxygen atoms in total. The summed E-state index contributed by atoms with van der Waals surface area (Å²) in [6.07, 6.45) is 2.30. The normalized spacial score (nSPS) is 13.7. The molecule has 100 valence electrons. The van der Waals surface area contributed by atoms with E-state index in [1.165, 1.54) is 23.2 Å². The summed E-state index contributed by atoms with van der Waals surface area (Å²) < 4.78 is 0. The highest BCUT2D eigenvalue weighted by Gasteiger charge is 2.17. The van der Waals surface area contributed by atoms with Crippen LogP contribution in [0.3, 0.4) is 0 Å². The molecule has 2 aromatic rings. The number of rotatable bonds is 2. The molecule has 0 amide bonds. The summed E-state index contributed by atoms with van der Waals surface area (Å²) in [5.41, 5.74) is 11.3. The molecular formula is C17H17N3. The lowest BCUT2D eigenvalue weighted by Crippen LogP contribution is -2.28. The molecule has 0 aliphatic carbocycles. The Labute approximate surface area is 119 Å². The lowest BCUT2D eigenvalue weighted by atomic mass is 10.0. The van der Waals surface area contributed by atoms with Crippen molar-refractivity contribution in [2.75, 3.05) is 17.2 Å². The second kappa shape index (κ2) is 5.26. The number of benzene rings is 2. The van der Waals surface area contributed by atoms with Gasteiger partial charge < -0.3 is 10.6 Å². The monoisotopic (exact) mass is 263 g/mol. The van der Waals surface area contributed by atoms with Crippen molar-refractivity contribution in [2.24, 2.45) is 0 Å². The van der Waals surface area contributed by atoms with Crippen LogP contribution in [0.5, 0.6) is 0 Å². The first-order valence-corrected chi connectivity index (χ1v) is 6.88. The van der Waals surface area contributed by atoms with Crippen molar-refractivity contribution in [3.05, 3.63) is 59.2 Å². The smallest absolute Gasteiger partial charge is 0.0991 e. The van der Waals surface area contributed by atoms with Gasteiger partial charge in [-0.05, 0) is 48.2 Å². The maximum Gasteiger partial charge on any atom is 0.0991 e. The van der Waals surface area contributed by atoms with Crippen molar-refractivity contribution < 1.29 is 0 Å². The lowest BCUT2D eigenvalue weighted by Gasteiger charge is -2.31. The van der Waals surface area contributed by atoms with Crippen molar-refractivity contribution in [1.82, 2.24) is 0 Å². The van der Waals surface area contributed by atoms with E-state index in [1.54, 1.807) is 0 Å². The second-order valence-corrected chi connectivity index (χ2v) is 5.22. The topological polar surface area (TPSA) is 53.0 Å². The van der Waals surface area contributed by atoms with E-state index in [9.17, 15) is 0 Å². The third kappa shape index (κ3) is 2.46. The average molecular weight is 263 g/mol. The van der Waals surface area contributed by atoms with Crippen molar-refractivity contribution in [2.45, 2.75) is 19.4 Å². The number of nitrogens with zero attached hydrogens (tertiary/aromatic N) is 2. The molecule has 3 heteroatoms. The summed E-state index contributed by atoms with van der Waals surface area (Å²) in [5.74, 6) is 0. The number of hydrogen-bond acceptors (Lipinski definition) is 3. The molecule has 0 aromatic heterocycles. The summed E-state index contributed by atoms with van der Waals surface area (Å²) in [6, 6.07) is 16.1. The average Bonchev–Trinajstić information content (AvgIpc) is 2.49. The second-order valence-electron chi connectivity index (χ2n) is 5.22. The van der Waals surface area contributed by atoms with E-state index in [1.807, 2.05) is 30.3 Å². The highest BCUT2D eigenvalue weighted by Crippen LogP contribution is 2.30. The van der Waals surface area contributed by atoms with Gasteiger partial charge in [-0.2, -0.15) is 5.26 Å². The summed E-state index contributed by atoms with van der Waals surface area (Å²) in [7, 11) is 0. The predicted molar refractivity (Wildman–Crippen MR) is 81.4 cm³/mol. The Bertz CT molecular complexity index is 653. The van der Waals surface area contributed by atoms with Gasteiger partial charge in [0.25, 0.3) is 0 Å². The zero-order chi connectivity index (χ0) is 13.9. The number of aryl methyl sites for hydroxylation is 1. The van der Waals surface area contributed by atoms with Crippen molar-refractivity contribution >= 4 is 11.4 Å². The van der Waals surface area contributed by atoms with E-state index < -0.39 is 0 Å². The Morgan fingerprint density at radius 1 is 1.15 bits per heavy atom. The molecule has 0 spiro atoms. The van der Waals surface area contributed by atoms with Gasteiger partial charge in [-0.25, -0.2) is 0 Å². The number of nitrogens with two attached hydrogens (primary N) is 1. The highest BCUT2D eigenvalue weighted by atomic mass is 15.1. The Morgan fingerprint density at radius 3 is 2.70 bits per heavy atom. The minimum absolute atomic E-state index is 0.706. The van der Waals surface area contributed by atoms with E-state index in [0.29, 0.717) is 5.56 Å². The maximum atomic E-state index is 8.84. The molecule has 0 atom stereocenters. The standard InChI is InChI=1S/C17H17N3/c18-11-13-3-5-14(6-4-13)12-20-9-1-2-15-7-8-16(19)10-17(15)20/h3-8,10H,1-2,9,12,19H2. The maximum absolute atomic E-state index is 8.84. The lowest BCUT2D eigenvalue weighted by molar-refractivity contribution is 0.691. The van der Waals surface area contributed by atoms with Crippen LogP contribution in [0.2, 0.25) is 0 Å². The predicted octanol–water partition coefficient (Wildman–Crippen LogP) is 3.09. The van der Waals surface area contributed by atoms with Crippen LogP contribution in [0.1, 0.15) is 23.1 Å². The fourth-order valence-corrected chi connectivity index (χ4v) is 2.74. The first kappa shape index (κ1) is 12.6. The minimum atomic E-state index is 0.706. The van der Waals surface area contributed by atoms with Crippen molar-refractivity contribution in [3.8, 4) is 6.07 Å². The zero-order valence-corrected chi connectivity index (χ0v) is 11.3. The highest BCUT2D eigenvalue weighted by molar-refractivity contribution is 5.62. The summed E-state index contributed by atoms with van der Waals surface area (Å²) in [5, 5.41) is 8.84. The van der Waals surface area contributed by atoms with Gasteiger partial charge in [0.15, 0.2) is 0 Å². The minimum Gasteiger partial charge on any atom is -0.399 e. The summed E-state index contributed by atoms with van der Waals surface area (Å²) in [6.45, 7) is 1.92. The molecule has 1 heterocycles. The third-order valence-corrected chi connectivity index (χ3v) is 3.78. The van der Waals surface area contributed by atoms with Crippen LogP contribution < -0.4 is 10.6 Å². The van der Waals surface area contributed by atoms with Gasteiger partial charge in [0.1, 0.15) is 0 Å². The van der Waals surface area contributed by atoms with Gasteiger partial charge in [-0.1, -0.05) is 18.2 Å². The molecular weight excluding hydrogens is 246 g/mol. The first-order valence-electron chi connectivity index (χ1n) is 6.88. The molecule has 20 heavy (non-hydrogen) atoms. The summed E-state index contributed by atoms with van der Waals surface area (Å²) in [4.78, 5) is 2.37. The summed E-state index contributed by atoms with van der Waals surface area (Å²) >= 11 is 0. The number of nitriles is 1. The molecule has 0 saturated carbocycles. The van der Waals surface area contributed by atoms with Gasteiger partial charge in [0.2, 0.25) is 0 Å². The third-order valence-electron chi connectivity index (χ3n) is 3.78. The van der Waals surface area contributed by atoms with Crippen LogP contribution in [0.25, 0.3) is 0 Å². The SMILES string of the molecule is N#Cc1ccc(CN2CCCc3ccc(N)cc32)cc1. The number of fused-ring (bicyclic) bond motifs is 1. The Balaban J connectivity index is 1.85. The number of hydrogen-bond donors (Lipinski definition) is 1. The Kier molecular flexibility index (Phi) is 3.30. The van der Waals surface area contributed by atoms with E-state index in [0.717, 1.165) is 25.2 Å². The van der Waals surface area contributed by atoms with Gasteiger partial charge in [0, 0.05) is 24.5 Å². The van der Waals surface area contributed by atoms with E-state index >= 15 is 0 Å². The van der Waals surface area contributed by atoms with Crippen molar-refractivity contribution in [3.63, 3.8) is 0 Å². The first-order chi connectivity index (χ1) is 9.76. The fourth-order valence-electron chi connectivity index (χ4n) is 2.74. The van der Waals surface area contributed by atoms with Crippen LogP contribution in [-0.2, 0) is 13.0 Å². The van der Waals surface area contributed by atoms with Crippen LogP contribution in [-0.4, -0.2) is 6.54 Å². The zero-order valence-electron chi connectivity index (χ0n) is 11.3. The van der Waals surface area contributed by atoms with E-state index in [4.69, 9.17) is 11.0 Å². The number of anilines is 2. The van der Waals surface area contributed by atoms with E-state index in [-0.39, 0.29) is 0 Å². The Morgan fingerprint density at radius 2 is 1.95 bits per heavy atom. The van der Waals surface area contributed by atoms with Gasteiger partial charge in [-0.3, -0.25) is 0 Å². The van der Waals surface area contributed by atoms with Crippen LogP contribution >= 0.6 is 0 Å². The number of nitrogen functional groups attached to an aromatic ring is 1. The Hall–Kier alpha value is -2.47. The van der Waals surface area contributed by atoms with Crippen LogP contribution in [0.4, 0.5) is 11.4 Å². The van der Waals surface area contributed by atoms with E-state index in [2.05, 4.69) is 23.1 Å². The van der Waals surface area contributed by atoms with Crippen LogP contribution in [0.15, 0.2) is 42.5 Å². The quantitative estimate of drug-likeness (QED) is 0.847. The molecule has 3 rings (SSSR count). The molecule has 0 unspecified atom stereocenters. The molecule has 2 N–H and O–H groups in total. The largest absolute Gasteiger partial charge is 0.399 e.